The van der Waals surface area contributed by atoms with Crippen LogP contribution in [0.2, 0.25) is 5.02 Å². The van der Waals surface area contributed by atoms with Crippen LogP contribution in [0.3, 0.4) is 0 Å². The SMILES string of the molecule is CCOc1cccc(C=C2SC(=O)N(Cc3ccccc3Cl)C2=O)c1O. The molecule has 2 aromatic rings. The maximum atomic E-state index is 12.6. The fourth-order valence-corrected chi connectivity index (χ4v) is 3.53. The number of phenols is 1. The van der Waals surface area contributed by atoms with E-state index in [4.69, 9.17) is 16.3 Å². The van der Waals surface area contributed by atoms with E-state index >= 15 is 0 Å². The van der Waals surface area contributed by atoms with Crippen molar-refractivity contribution in [3.05, 3.63) is 63.5 Å². The average molecular weight is 390 g/mol. The van der Waals surface area contributed by atoms with Gasteiger partial charge in [-0.3, -0.25) is 14.5 Å². The molecule has 1 heterocycles. The third-order valence-corrected chi connectivity index (χ3v) is 5.05. The molecule has 0 aromatic heterocycles. The van der Waals surface area contributed by atoms with Gasteiger partial charge in [0.25, 0.3) is 11.1 Å². The number of hydrogen-bond donors (Lipinski definition) is 1. The van der Waals surface area contributed by atoms with Gasteiger partial charge in [0.15, 0.2) is 11.5 Å². The monoisotopic (exact) mass is 389 g/mol. The van der Waals surface area contributed by atoms with Gasteiger partial charge >= 0.3 is 0 Å². The summed E-state index contributed by atoms with van der Waals surface area (Å²) >= 11 is 6.95. The normalized spacial score (nSPS) is 15.8. The van der Waals surface area contributed by atoms with Gasteiger partial charge in [0.05, 0.1) is 18.1 Å². The van der Waals surface area contributed by atoms with Gasteiger partial charge in [0, 0.05) is 10.6 Å². The summed E-state index contributed by atoms with van der Waals surface area (Å²) in [6.07, 6.45) is 1.50. The highest BCUT2D eigenvalue weighted by Gasteiger charge is 2.35. The number of thioether (sulfide) groups is 1. The Morgan fingerprint density at radius 1 is 1.19 bits per heavy atom. The zero-order valence-corrected chi connectivity index (χ0v) is 15.5. The molecule has 1 saturated heterocycles. The Hall–Kier alpha value is -2.44. The number of nitrogens with zero attached hydrogens (tertiary/aromatic N) is 1. The number of para-hydroxylation sites is 1. The van der Waals surface area contributed by atoms with E-state index in [0.29, 0.717) is 28.5 Å². The number of imide groups is 1. The van der Waals surface area contributed by atoms with Crippen LogP contribution in [0.25, 0.3) is 6.08 Å². The molecule has 3 rings (SSSR count). The van der Waals surface area contributed by atoms with Crippen molar-refractivity contribution < 1.29 is 19.4 Å². The van der Waals surface area contributed by atoms with Gasteiger partial charge in [0.2, 0.25) is 0 Å². The fourth-order valence-electron chi connectivity index (χ4n) is 2.50. The summed E-state index contributed by atoms with van der Waals surface area (Å²) in [4.78, 5) is 26.3. The van der Waals surface area contributed by atoms with Crippen molar-refractivity contribution in [3.63, 3.8) is 0 Å². The van der Waals surface area contributed by atoms with Crippen molar-refractivity contribution in [2.75, 3.05) is 6.61 Å². The Kier molecular flexibility index (Phi) is 5.54. The molecule has 2 aromatic carbocycles. The van der Waals surface area contributed by atoms with Crippen molar-refractivity contribution >= 4 is 40.6 Å². The van der Waals surface area contributed by atoms with Gasteiger partial charge in [-0.25, -0.2) is 0 Å². The Morgan fingerprint density at radius 3 is 2.69 bits per heavy atom. The Balaban J connectivity index is 1.86. The van der Waals surface area contributed by atoms with Crippen LogP contribution < -0.4 is 4.74 Å². The molecule has 1 aliphatic rings. The van der Waals surface area contributed by atoms with E-state index in [-0.39, 0.29) is 22.4 Å². The molecule has 5 nitrogen and oxygen atoms in total. The Bertz CT molecular complexity index is 897. The van der Waals surface area contributed by atoms with Crippen molar-refractivity contribution in [1.29, 1.82) is 0 Å². The summed E-state index contributed by atoms with van der Waals surface area (Å²) in [6, 6.07) is 12.1. The molecule has 0 bridgehead atoms. The minimum atomic E-state index is -0.416. The van der Waals surface area contributed by atoms with Crippen LogP contribution in [-0.4, -0.2) is 27.8 Å². The van der Waals surface area contributed by atoms with Gasteiger partial charge < -0.3 is 9.84 Å². The van der Waals surface area contributed by atoms with E-state index in [9.17, 15) is 14.7 Å². The number of amides is 2. The second-order valence-electron chi connectivity index (χ2n) is 5.49. The first-order valence-electron chi connectivity index (χ1n) is 7.94. The summed E-state index contributed by atoms with van der Waals surface area (Å²) in [5, 5.41) is 10.4. The number of aromatic hydroxyl groups is 1. The molecule has 0 unspecified atom stereocenters. The molecule has 1 fully saturated rings. The fraction of sp³-hybridized carbons (Fsp3) is 0.158. The van der Waals surface area contributed by atoms with Crippen LogP contribution in [0, 0.1) is 0 Å². The van der Waals surface area contributed by atoms with Crippen molar-refractivity contribution in [2.24, 2.45) is 0 Å². The second kappa shape index (κ2) is 7.85. The van der Waals surface area contributed by atoms with Crippen molar-refractivity contribution in [2.45, 2.75) is 13.5 Å². The van der Waals surface area contributed by atoms with E-state index < -0.39 is 5.91 Å². The Morgan fingerprint density at radius 2 is 1.96 bits per heavy atom. The second-order valence-corrected chi connectivity index (χ2v) is 6.89. The van der Waals surface area contributed by atoms with Crippen LogP contribution in [0.4, 0.5) is 4.79 Å². The molecule has 0 saturated carbocycles. The number of hydrogen-bond acceptors (Lipinski definition) is 5. The number of carbonyl (C=O) groups is 2. The largest absolute Gasteiger partial charge is 0.504 e. The lowest BCUT2D eigenvalue weighted by atomic mass is 10.1. The summed E-state index contributed by atoms with van der Waals surface area (Å²) in [6.45, 7) is 2.32. The molecular formula is C19H16ClNO4S. The average Bonchev–Trinajstić information content (AvgIpc) is 2.88. The highest BCUT2D eigenvalue weighted by atomic mass is 35.5. The van der Waals surface area contributed by atoms with Gasteiger partial charge in [-0.2, -0.15) is 0 Å². The molecule has 0 spiro atoms. The third kappa shape index (κ3) is 3.71. The number of rotatable bonds is 5. The lowest BCUT2D eigenvalue weighted by Crippen LogP contribution is -2.27. The highest BCUT2D eigenvalue weighted by Crippen LogP contribution is 2.37. The summed E-state index contributed by atoms with van der Waals surface area (Å²) in [7, 11) is 0. The first-order chi connectivity index (χ1) is 12.5. The third-order valence-electron chi connectivity index (χ3n) is 3.78. The number of carbonyl (C=O) groups excluding carboxylic acids is 2. The molecule has 2 amide bonds. The van der Waals surface area contributed by atoms with Gasteiger partial charge in [-0.05, 0) is 42.5 Å². The summed E-state index contributed by atoms with van der Waals surface area (Å²) < 4.78 is 5.34. The molecule has 7 heteroatoms. The number of phenolic OH excluding ortho intramolecular Hbond substituents is 1. The van der Waals surface area contributed by atoms with Crippen LogP contribution >= 0.6 is 23.4 Å². The van der Waals surface area contributed by atoms with E-state index in [2.05, 4.69) is 0 Å². The highest BCUT2D eigenvalue weighted by molar-refractivity contribution is 8.18. The molecule has 26 heavy (non-hydrogen) atoms. The lowest BCUT2D eigenvalue weighted by Gasteiger charge is -2.13. The van der Waals surface area contributed by atoms with Crippen LogP contribution in [0.1, 0.15) is 18.1 Å². The first-order valence-corrected chi connectivity index (χ1v) is 9.14. The van der Waals surface area contributed by atoms with Gasteiger partial charge in [-0.15, -0.1) is 0 Å². The summed E-state index contributed by atoms with van der Waals surface area (Å²) in [5.41, 5.74) is 1.11. The van der Waals surface area contributed by atoms with Crippen LogP contribution in [-0.2, 0) is 11.3 Å². The number of ether oxygens (including phenoxy) is 1. The molecule has 1 aliphatic heterocycles. The van der Waals surface area contributed by atoms with Gasteiger partial charge in [-0.1, -0.05) is 41.9 Å². The molecule has 134 valence electrons. The van der Waals surface area contributed by atoms with Crippen molar-refractivity contribution in [3.8, 4) is 11.5 Å². The number of benzene rings is 2. The molecular weight excluding hydrogens is 374 g/mol. The summed E-state index contributed by atoms with van der Waals surface area (Å²) in [5.74, 6) is -0.148. The zero-order valence-electron chi connectivity index (χ0n) is 13.9. The molecule has 0 radical (unpaired) electrons. The van der Waals surface area contributed by atoms with E-state index in [1.54, 1.807) is 42.5 Å². The van der Waals surface area contributed by atoms with E-state index in [0.717, 1.165) is 16.7 Å². The predicted octanol–water partition coefficient (Wildman–Crippen LogP) is 4.68. The molecule has 1 N–H and O–H groups in total. The maximum absolute atomic E-state index is 12.6. The quantitative estimate of drug-likeness (QED) is 0.752. The first kappa shape index (κ1) is 18.4. The standard InChI is InChI=1S/C19H16ClNO4S/c1-2-25-15-9-5-7-12(17(15)22)10-16-18(23)21(19(24)26-16)11-13-6-3-4-8-14(13)20/h3-10,22H,2,11H2,1H3. The van der Waals surface area contributed by atoms with Crippen LogP contribution in [0.5, 0.6) is 11.5 Å². The maximum Gasteiger partial charge on any atom is 0.293 e. The van der Waals surface area contributed by atoms with Crippen LogP contribution in [0.15, 0.2) is 47.4 Å². The van der Waals surface area contributed by atoms with E-state index in [1.807, 2.05) is 6.92 Å². The van der Waals surface area contributed by atoms with E-state index in [1.165, 1.54) is 6.08 Å². The molecule has 0 atom stereocenters. The molecule has 0 aliphatic carbocycles. The van der Waals surface area contributed by atoms with Crippen molar-refractivity contribution in [1.82, 2.24) is 4.90 Å². The Labute approximate surface area is 160 Å². The predicted molar refractivity (Wildman–Crippen MR) is 102 cm³/mol. The number of halogens is 1. The van der Waals surface area contributed by atoms with Gasteiger partial charge in [0.1, 0.15) is 0 Å². The topological polar surface area (TPSA) is 66.8 Å². The zero-order chi connectivity index (χ0) is 18.7. The minimum absolute atomic E-state index is 0.0627. The minimum Gasteiger partial charge on any atom is -0.504 e. The lowest BCUT2D eigenvalue weighted by molar-refractivity contribution is -0.123. The smallest absolute Gasteiger partial charge is 0.293 e.